The van der Waals surface area contributed by atoms with Gasteiger partial charge in [0.25, 0.3) is 0 Å². The first-order valence-corrected chi connectivity index (χ1v) is 5.83. The van der Waals surface area contributed by atoms with E-state index in [-0.39, 0.29) is 0 Å². The molecule has 0 saturated heterocycles. The number of nitrogens with one attached hydrogen (secondary N) is 1. The summed E-state index contributed by atoms with van der Waals surface area (Å²) in [6.45, 7) is 9.22. The van der Waals surface area contributed by atoms with Crippen molar-refractivity contribution in [3.8, 4) is 11.5 Å². The molecule has 4 nitrogen and oxygen atoms in total. The minimum absolute atomic E-state index is 0.605. The van der Waals surface area contributed by atoms with Crippen molar-refractivity contribution in [3.05, 3.63) is 12.3 Å². The number of ether oxygens (including phenoxy) is 2. The number of aromatic nitrogens is 1. The van der Waals surface area contributed by atoms with Gasteiger partial charge in [0.05, 0.1) is 6.20 Å². The van der Waals surface area contributed by atoms with E-state index in [1.807, 2.05) is 40.8 Å². The third kappa shape index (κ3) is 3.96. The maximum Gasteiger partial charge on any atom is 0.179 e. The molecule has 0 spiro atoms. The molecule has 1 aromatic heterocycles. The van der Waals surface area contributed by atoms with Crippen LogP contribution in [0.4, 0.5) is 5.82 Å². The zero-order chi connectivity index (χ0) is 12.4. The van der Waals surface area contributed by atoms with Crippen LogP contribution in [-0.2, 0) is 0 Å². The summed E-state index contributed by atoms with van der Waals surface area (Å²) in [6.07, 6.45) is 1.67. The average molecular weight is 226 g/mol. The fraction of sp³-hybridized carbons (Fsp3) is 0.583. The monoisotopic (exact) mass is 226 g/mol. The molecule has 1 aromatic rings. The van der Waals surface area contributed by atoms with E-state index in [4.69, 9.17) is 9.47 Å². The molecule has 2 rings (SSSR count). The van der Waals surface area contributed by atoms with E-state index >= 15 is 0 Å². The van der Waals surface area contributed by atoms with Gasteiger partial charge in [-0.2, -0.15) is 0 Å². The van der Waals surface area contributed by atoms with Crippen molar-refractivity contribution in [2.45, 2.75) is 27.7 Å². The zero-order valence-electron chi connectivity index (χ0n) is 10.8. The van der Waals surface area contributed by atoms with E-state index in [1.54, 1.807) is 6.20 Å². The van der Waals surface area contributed by atoms with Gasteiger partial charge in [0.2, 0.25) is 0 Å². The van der Waals surface area contributed by atoms with Crippen molar-refractivity contribution in [2.24, 2.45) is 0 Å². The SMILES string of the molecule is CC.CC.CNc1cc2c(cn1)OCCO2. The van der Waals surface area contributed by atoms with Crippen LogP contribution in [0.25, 0.3) is 0 Å². The molecule has 16 heavy (non-hydrogen) atoms. The fourth-order valence-corrected chi connectivity index (χ4v) is 1.09. The molecular formula is C12H22N2O2. The minimum Gasteiger partial charge on any atom is -0.486 e. The van der Waals surface area contributed by atoms with E-state index in [1.165, 1.54) is 0 Å². The standard InChI is InChI=1S/C8H10N2O2.2C2H6/c1-9-8-4-6-7(5-10-8)12-3-2-11-6;2*1-2/h4-5H,2-3H2,1H3,(H,9,10);2*1-2H3. The van der Waals surface area contributed by atoms with Crippen LogP contribution >= 0.6 is 0 Å². The Morgan fingerprint density at radius 1 is 1.06 bits per heavy atom. The highest BCUT2D eigenvalue weighted by molar-refractivity contribution is 5.48. The van der Waals surface area contributed by atoms with E-state index in [0.29, 0.717) is 13.2 Å². The molecule has 0 aliphatic carbocycles. The summed E-state index contributed by atoms with van der Waals surface area (Å²) in [6, 6.07) is 1.83. The molecule has 0 bridgehead atoms. The summed E-state index contributed by atoms with van der Waals surface area (Å²) in [7, 11) is 1.82. The summed E-state index contributed by atoms with van der Waals surface area (Å²) in [5.74, 6) is 2.28. The Balaban J connectivity index is 0.000000509. The van der Waals surface area contributed by atoms with Gasteiger partial charge in [-0.3, -0.25) is 0 Å². The van der Waals surface area contributed by atoms with Crippen molar-refractivity contribution in [3.63, 3.8) is 0 Å². The maximum absolute atomic E-state index is 5.36. The Morgan fingerprint density at radius 3 is 2.19 bits per heavy atom. The lowest BCUT2D eigenvalue weighted by molar-refractivity contribution is 0.171. The lowest BCUT2D eigenvalue weighted by Gasteiger charge is -2.17. The molecule has 0 amide bonds. The first-order valence-electron chi connectivity index (χ1n) is 5.83. The number of hydrogen-bond donors (Lipinski definition) is 1. The van der Waals surface area contributed by atoms with Gasteiger partial charge >= 0.3 is 0 Å². The first kappa shape index (κ1) is 14.6. The lowest BCUT2D eigenvalue weighted by atomic mass is 10.4. The van der Waals surface area contributed by atoms with Crippen LogP contribution in [0.3, 0.4) is 0 Å². The normalized spacial score (nSPS) is 11.3. The summed E-state index contributed by atoms with van der Waals surface area (Å²) in [5, 5.41) is 2.93. The number of fused-ring (bicyclic) bond motifs is 1. The number of rotatable bonds is 1. The van der Waals surface area contributed by atoms with Crippen molar-refractivity contribution >= 4 is 5.82 Å². The summed E-state index contributed by atoms with van der Waals surface area (Å²) in [4.78, 5) is 4.09. The largest absolute Gasteiger partial charge is 0.486 e. The van der Waals surface area contributed by atoms with E-state index in [9.17, 15) is 0 Å². The van der Waals surface area contributed by atoms with Crippen LogP contribution in [-0.4, -0.2) is 25.2 Å². The van der Waals surface area contributed by atoms with Crippen molar-refractivity contribution < 1.29 is 9.47 Å². The average Bonchev–Trinajstić information content (AvgIpc) is 2.42. The van der Waals surface area contributed by atoms with E-state index in [0.717, 1.165) is 17.3 Å². The highest BCUT2D eigenvalue weighted by atomic mass is 16.6. The maximum atomic E-state index is 5.36. The van der Waals surface area contributed by atoms with E-state index in [2.05, 4.69) is 10.3 Å². The lowest BCUT2D eigenvalue weighted by Crippen LogP contribution is -2.15. The van der Waals surface area contributed by atoms with Gasteiger partial charge in [-0.05, 0) is 0 Å². The molecule has 0 aromatic carbocycles. The molecule has 0 saturated carbocycles. The van der Waals surface area contributed by atoms with Crippen LogP contribution in [0.2, 0.25) is 0 Å². The van der Waals surface area contributed by atoms with Crippen molar-refractivity contribution in [1.82, 2.24) is 4.98 Å². The van der Waals surface area contributed by atoms with Gasteiger partial charge < -0.3 is 14.8 Å². The molecule has 1 N–H and O–H groups in total. The van der Waals surface area contributed by atoms with Crippen LogP contribution in [0.5, 0.6) is 11.5 Å². The highest BCUT2D eigenvalue weighted by Gasteiger charge is 2.11. The van der Waals surface area contributed by atoms with Gasteiger partial charge in [0, 0.05) is 13.1 Å². The van der Waals surface area contributed by atoms with E-state index < -0.39 is 0 Å². The Hall–Kier alpha value is -1.45. The van der Waals surface area contributed by atoms with Gasteiger partial charge in [-0.25, -0.2) is 4.98 Å². The first-order chi connectivity index (χ1) is 7.90. The van der Waals surface area contributed by atoms with Crippen molar-refractivity contribution in [1.29, 1.82) is 0 Å². The molecular weight excluding hydrogens is 204 g/mol. The molecule has 1 aliphatic heterocycles. The Kier molecular flexibility index (Phi) is 8.03. The second kappa shape index (κ2) is 8.83. The fourth-order valence-electron chi connectivity index (χ4n) is 1.09. The molecule has 4 heteroatoms. The van der Waals surface area contributed by atoms with Gasteiger partial charge in [-0.15, -0.1) is 0 Å². The van der Waals surface area contributed by atoms with Gasteiger partial charge in [0.15, 0.2) is 11.5 Å². The van der Waals surface area contributed by atoms with Gasteiger partial charge in [0.1, 0.15) is 19.0 Å². The second-order valence-electron chi connectivity index (χ2n) is 2.46. The summed E-state index contributed by atoms with van der Waals surface area (Å²) < 4.78 is 10.7. The molecule has 0 atom stereocenters. The Morgan fingerprint density at radius 2 is 1.62 bits per heavy atom. The summed E-state index contributed by atoms with van der Waals surface area (Å²) >= 11 is 0. The van der Waals surface area contributed by atoms with Crippen LogP contribution in [0.1, 0.15) is 27.7 Å². The molecule has 0 unspecified atom stereocenters. The smallest absolute Gasteiger partial charge is 0.179 e. The molecule has 2 heterocycles. The van der Waals surface area contributed by atoms with Crippen LogP contribution in [0, 0.1) is 0 Å². The molecule has 92 valence electrons. The number of hydrogen-bond acceptors (Lipinski definition) is 4. The predicted octanol–water partition coefficient (Wildman–Crippen LogP) is 2.95. The van der Waals surface area contributed by atoms with Crippen LogP contribution in [0.15, 0.2) is 12.3 Å². The Labute approximate surface area is 98.0 Å². The highest BCUT2D eigenvalue weighted by Crippen LogP contribution is 2.30. The molecule has 1 aliphatic rings. The third-order valence-corrected chi connectivity index (χ3v) is 1.69. The minimum atomic E-state index is 0.605. The number of anilines is 1. The van der Waals surface area contributed by atoms with Gasteiger partial charge in [-0.1, -0.05) is 27.7 Å². The number of nitrogens with zero attached hydrogens (tertiary/aromatic N) is 1. The summed E-state index contributed by atoms with van der Waals surface area (Å²) in [5.41, 5.74) is 0. The quantitative estimate of drug-likeness (QED) is 0.799. The topological polar surface area (TPSA) is 43.4 Å². The Bertz CT molecular complexity index is 290. The van der Waals surface area contributed by atoms with Crippen molar-refractivity contribution in [2.75, 3.05) is 25.6 Å². The number of pyridine rings is 1. The predicted molar refractivity (Wildman–Crippen MR) is 67.5 cm³/mol. The third-order valence-electron chi connectivity index (χ3n) is 1.69. The molecule has 0 radical (unpaired) electrons. The second-order valence-corrected chi connectivity index (χ2v) is 2.46. The van der Waals surface area contributed by atoms with Crippen LogP contribution < -0.4 is 14.8 Å². The zero-order valence-corrected chi connectivity index (χ0v) is 10.8. The molecule has 0 fully saturated rings.